The number of aromatic nitrogens is 2. The molecule has 2 rings (SSSR count). The highest BCUT2D eigenvalue weighted by atomic mass is 32.2. The minimum atomic E-state index is -0.498. The van der Waals surface area contributed by atoms with Gasteiger partial charge in [0.15, 0.2) is 5.16 Å². The van der Waals surface area contributed by atoms with Gasteiger partial charge in [-0.1, -0.05) is 42.1 Å². The number of nitrogens with two attached hydrogens (primary N) is 1. The first-order valence-corrected chi connectivity index (χ1v) is 7.80. The number of imidazole rings is 1. The van der Waals surface area contributed by atoms with Crippen LogP contribution >= 0.6 is 11.8 Å². The predicted octanol–water partition coefficient (Wildman–Crippen LogP) is 1.03. The number of hydrogen-bond donors (Lipinski definition) is 2. The second-order valence-corrected chi connectivity index (χ2v) is 6.04. The van der Waals surface area contributed by atoms with Crippen molar-refractivity contribution in [2.75, 3.05) is 19.5 Å². The van der Waals surface area contributed by atoms with Gasteiger partial charge < -0.3 is 15.9 Å². The van der Waals surface area contributed by atoms with Gasteiger partial charge in [-0.3, -0.25) is 9.59 Å². The van der Waals surface area contributed by atoms with E-state index in [4.69, 9.17) is 5.84 Å². The Balaban J connectivity index is 2.01. The summed E-state index contributed by atoms with van der Waals surface area (Å²) in [6.07, 6.45) is 1.71. The van der Waals surface area contributed by atoms with Gasteiger partial charge in [-0.05, 0) is 6.92 Å². The van der Waals surface area contributed by atoms with Crippen molar-refractivity contribution in [3.63, 3.8) is 0 Å². The lowest BCUT2D eigenvalue weighted by molar-refractivity contribution is -0.141. The van der Waals surface area contributed by atoms with Crippen LogP contribution in [0.3, 0.4) is 0 Å². The fraction of sp³-hybridized carbons (Fsp3) is 0.267. The van der Waals surface area contributed by atoms with Crippen molar-refractivity contribution in [1.29, 1.82) is 0 Å². The predicted molar refractivity (Wildman–Crippen MR) is 88.2 cm³/mol. The minimum Gasteiger partial charge on any atom is -0.468 e. The summed E-state index contributed by atoms with van der Waals surface area (Å²) >= 11 is 1.22. The molecule has 2 aromatic rings. The number of rotatable bonds is 6. The molecule has 0 unspecified atom stereocenters. The Morgan fingerprint density at radius 1 is 1.39 bits per heavy atom. The standard InChI is InChI=1S/C15H18N4O3S/c1-10(14(21)17-8-13(20)22-2)23-15-18-12(9-19(15)16)11-6-4-3-5-7-11/h3-7,9-10H,8,16H2,1-2H3,(H,17,21)/t10-/m0/s1. The molecule has 0 saturated carbocycles. The number of esters is 1. The van der Waals surface area contributed by atoms with Crippen molar-refractivity contribution < 1.29 is 14.3 Å². The van der Waals surface area contributed by atoms with Crippen molar-refractivity contribution in [2.24, 2.45) is 0 Å². The molecule has 0 aliphatic carbocycles. The fourth-order valence-electron chi connectivity index (χ4n) is 1.80. The molecule has 0 spiro atoms. The zero-order valence-electron chi connectivity index (χ0n) is 12.9. The average molecular weight is 334 g/mol. The Hall–Kier alpha value is -2.48. The summed E-state index contributed by atoms with van der Waals surface area (Å²) in [5.74, 6) is 5.11. The molecular weight excluding hydrogens is 316 g/mol. The second kappa shape index (κ2) is 7.68. The molecule has 1 aromatic carbocycles. The van der Waals surface area contributed by atoms with Gasteiger partial charge in [0.2, 0.25) is 5.91 Å². The third-order valence-corrected chi connectivity index (χ3v) is 4.13. The molecule has 1 aromatic heterocycles. The lowest BCUT2D eigenvalue weighted by Crippen LogP contribution is -2.35. The first-order chi connectivity index (χ1) is 11.0. The van der Waals surface area contributed by atoms with Crippen LogP contribution in [0.5, 0.6) is 0 Å². The van der Waals surface area contributed by atoms with E-state index in [9.17, 15) is 9.59 Å². The molecule has 1 atom stereocenters. The van der Waals surface area contributed by atoms with E-state index >= 15 is 0 Å². The van der Waals surface area contributed by atoms with Gasteiger partial charge in [0, 0.05) is 5.56 Å². The molecule has 0 saturated heterocycles. The number of carbonyl (C=O) groups excluding carboxylic acids is 2. The van der Waals surface area contributed by atoms with Gasteiger partial charge in [0.1, 0.15) is 6.54 Å². The first-order valence-electron chi connectivity index (χ1n) is 6.92. The highest BCUT2D eigenvalue weighted by Gasteiger charge is 2.19. The largest absolute Gasteiger partial charge is 0.468 e. The Morgan fingerprint density at radius 3 is 2.74 bits per heavy atom. The van der Waals surface area contributed by atoms with E-state index in [1.54, 1.807) is 13.1 Å². The van der Waals surface area contributed by atoms with Crippen LogP contribution in [0, 0.1) is 0 Å². The minimum absolute atomic E-state index is 0.160. The summed E-state index contributed by atoms with van der Waals surface area (Å²) in [7, 11) is 1.27. The van der Waals surface area contributed by atoms with Gasteiger partial charge in [-0.2, -0.15) is 0 Å². The Bertz CT molecular complexity index is 687. The van der Waals surface area contributed by atoms with E-state index in [1.807, 2.05) is 30.3 Å². The number of nitrogens with one attached hydrogen (secondary N) is 1. The summed E-state index contributed by atoms with van der Waals surface area (Å²) < 4.78 is 5.86. The molecule has 0 bridgehead atoms. The van der Waals surface area contributed by atoms with Crippen molar-refractivity contribution in [1.82, 2.24) is 15.0 Å². The van der Waals surface area contributed by atoms with E-state index in [1.165, 1.54) is 23.5 Å². The lowest BCUT2D eigenvalue weighted by Gasteiger charge is -2.10. The zero-order valence-corrected chi connectivity index (χ0v) is 13.7. The van der Waals surface area contributed by atoms with Crippen LogP contribution in [0.4, 0.5) is 0 Å². The van der Waals surface area contributed by atoms with E-state index in [0.717, 1.165) is 11.3 Å². The van der Waals surface area contributed by atoms with Gasteiger partial charge in [-0.15, -0.1) is 0 Å². The van der Waals surface area contributed by atoms with E-state index in [2.05, 4.69) is 15.0 Å². The Morgan fingerprint density at radius 2 is 2.09 bits per heavy atom. The number of benzene rings is 1. The van der Waals surface area contributed by atoms with Crippen molar-refractivity contribution in [3.05, 3.63) is 36.5 Å². The van der Waals surface area contributed by atoms with Crippen molar-refractivity contribution in [2.45, 2.75) is 17.3 Å². The van der Waals surface area contributed by atoms with Crippen LogP contribution in [0.25, 0.3) is 11.3 Å². The van der Waals surface area contributed by atoms with Crippen LogP contribution in [0.2, 0.25) is 0 Å². The summed E-state index contributed by atoms with van der Waals surface area (Å²) in [6.45, 7) is 1.56. The average Bonchev–Trinajstić information content (AvgIpc) is 2.93. The number of thioether (sulfide) groups is 1. The maximum Gasteiger partial charge on any atom is 0.325 e. The molecule has 3 N–H and O–H groups in total. The van der Waals surface area contributed by atoms with Crippen LogP contribution in [0.1, 0.15) is 6.92 Å². The summed E-state index contributed by atoms with van der Waals surface area (Å²) in [4.78, 5) is 27.4. The number of nitrogen functional groups attached to an aromatic ring is 1. The van der Waals surface area contributed by atoms with Gasteiger partial charge in [0.25, 0.3) is 0 Å². The SMILES string of the molecule is COC(=O)CNC(=O)[C@H](C)Sc1nc(-c2ccccc2)cn1N. The normalized spacial score (nSPS) is 11.7. The number of amides is 1. The molecule has 1 amide bonds. The summed E-state index contributed by atoms with van der Waals surface area (Å²) in [5.41, 5.74) is 1.68. The highest BCUT2D eigenvalue weighted by Crippen LogP contribution is 2.25. The maximum atomic E-state index is 11.9. The van der Waals surface area contributed by atoms with E-state index in [-0.39, 0.29) is 12.5 Å². The number of hydrogen-bond acceptors (Lipinski definition) is 6. The highest BCUT2D eigenvalue weighted by molar-refractivity contribution is 8.00. The summed E-state index contributed by atoms with van der Waals surface area (Å²) in [5, 5.41) is 2.57. The Kier molecular flexibility index (Phi) is 5.64. The first kappa shape index (κ1) is 16.9. The third-order valence-electron chi connectivity index (χ3n) is 3.05. The number of ether oxygens (including phenoxy) is 1. The molecule has 0 radical (unpaired) electrons. The van der Waals surface area contributed by atoms with Crippen molar-refractivity contribution in [3.8, 4) is 11.3 Å². The van der Waals surface area contributed by atoms with Crippen LogP contribution in [0.15, 0.2) is 41.7 Å². The lowest BCUT2D eigenvalue weighted by atomic mass is 10.2. The molecule has 122 valence electrons. The smallest absolute Gasteiger partial charge is 0.325 e. The van der Waals surface area contributed by atoms with Crippen LogP contribution in [-0.4, -0.2) is 40.4 Å². The third kappa shape index (κ3) is 4.49. The fourth-order valence-corrected chi connectivity index (χ4v) is 2.63. The maximum absolute atomic E-state index is 11.9. The van der Waals surface area contributed by atoms with Crippen molar-refractivity contribution >= 4 is 23.6 Å². The second-order valence-electron chi connectivity index (χ2n) is 4.74. The Labute approximate surface area is 138 Å². The molecular formula is C15H18N4O3S. The van der Waals surface area contributed by atoms with E-state index in [0.29, 0.717) is 5.16 Å². The van der Waals surface area contributed by atoms with E-state index < -0.39 is 11.2 Å². The number of carbonyl (C=O) groups is 2. The molecule has 0 fully saturated rings. The molecule has 0 aliphatic rings. The molecule has 23 heavy (non-hydrogen) atoms. The van der Waals surface area contributed by atoms with Crippen LogP contribution < -0.4 is 11.2 Å². The summed E-state index contributed by atoms with van der Waals surface area (Å²) in [6, 6.07) is 9.63. The quantitative estimate of drug-likeness (QED) is 0.465. The monoisotopic (exact) mass is 334 g/mol. The molecule has 8 heteroatoms. The number of nitrogens with zero attached hydrogens (tertiary/aromatic N) is 2. The van der Waals surface area contributed by atoms with Gasteiger partial charge >= 0.3 is 5.97 Å². The molecule has 7 nitrogen and oxygen atoms in total. The topological polar surface area (TPSA) is 99.2 Å². The number of methoxy groups -OCH3 is 1. The van der Waals surface area contributed by atoms with Gasteiger partial charge in [-0.25, -0.2) is 9.66 Å². The zero-order chi connectivity index (χ0) is 16.8. The van der Waals surface area contributed by atoms with Gasteiger partial charge in [0.05, 0.1) is 24.3 Å². The van der Waals surface area contributed by atoms with Crippen LogP contribution in [-0.2, 0) is 14.3 Å². The molecule has 0 aliphatic heterocycles. The molecule has 1 heterocycles.